The number of pyridine rings is 1. The molecule has 2 aromatic rings. The van der Waals surface area contributed by atoms with Crippen LogP contribution in [0.15, 0.2) is 43.1 Å². The van der Waals surface area contributed by atoms with Crippen molar-refractivity contribution < 1.29 is 4.74 Å². The molecule has 0 aliphatic heterocycles. The number of hydrogen-bond donors (Lipinski definition) is 0. The SMILES string of the molecule is C=C/C(c1ccc(C#N)cc1)=c1/ncc(C)c(OC)/c1=C/C.CC. The fourth-order valence-electron chi connectivity index (χ4n) is 2.44. The molecule has 24 heavy (non-hydrogen) atoms. The van der Waals surface area contributed by atoms with Crippen molar-refractivity contribution in [3.63, 3.8) is 0 Å². The molecular formula is C21H24N2O. The minimum atomic E-state index is 0.629. The summed E-state index contributed by atoms with van der Waals surface area (Å²) in [5.41, 5.74) is 3.50. The Kier molecular flexibility index (Phi) is 7.45. The lowest BCUT2D eigenvalue weighted by molar-refractivity contribution is 0.407. The number of aryl methyl sites for hydroxylation is 1. The molecule has 0 unspecified atom stereocenters. The van der Waals surface area contributed by atoms with Crippen LogP contribution in [0.5, 0.6) is 5.75 Å². The van der Waals surface area contributed by atoms with E-state index in [1.807, 2.05) is 45.9 Å². The summed E-state index contributed by atoms with van der Waals surface area (Å²) in [6.07, 6.45) is 5.57. The molecule has 3 nitrogen and oxygen atoms in total. The first-order chi connectivity index (χ1) is 11.7. The predicted molar refractivity (Wildman–Crippen MR) is 100 cm³/mol. The van der Waals surface area contributed by atoms with Crippen LogP contribution in [0.25, 0.3) is 11.6 Å². The number of ether oxygens (including phenoxy) is 1. The van der Waals surface area contributed by atoms with E-state index in [0.717, 1.165) is 33.0 Å². The first-order valence-electron chi connectivity index (χ1n) is 7.99. The van der Waals surface area contributed by atoms with Gasteiger partial charge in [-0.25, -0.2) is 0 Å². The predicted octanol–water partition coefficient (Wildman–Crippen LogP) is 3.48. The molecule has 0 saturated carbocycles. The highest BCUT2D eigenvalue weighted by molar-refractivity contribution is 5.73. The maximum absolute atomic E-state index is 8.91. The number of hydrogen-bond acceptors (Lipinski definition) is 3. The quantitative estimate of drug-likeness (QED) is 0.870. The highest BCUT2D eigenvalue weighted by atomic mass is 16.5. The molecule has 1 heterocycles. The number of aromatic nitrogens is 1. The Morgan fingerprint density at radius 1 is 1.25 bits per heavy atom. The van der Waals surface area contributed by atoms with Crippen LogP contribution in [0.4, 0.5) is 0 Å². The Labute approximate surface area is 144 Å². The Hall–Kier alpha value is -2.86. The summed E-state index contributed by atoms with van der Waals surface area (Å²) in [4.78, 5) is 4.56. The second kappa shape index (κ2) is 9.32. The van der Waals surface area contributed by atoms with E-state index in [-0.39, 0.29) is 0 Å². The summed E-state index contributed by atoms with van der Waals surface area (Å²) in [6.45, 7) is 11.8. The molecule has 2 rings (SSSR count). The van der Waals surface area contributed by atoms with Crippen molar-refractivity contribution in [2.75, 3.05) is 7.11 Å². The molecule has 0 spiro atoms. The largest absolute Gasteiger partial charge is 0.496 e. The van der Waals surface area contributed by atoms with Crippen molar-refractivity contribution in [2.45, 2.75) is 27.7 Å². The zero-order valence-electron chi connectivity index (χ0n) is 15.1. The molecule has 124 valence electrons. The Balaban J connectivity index is 0.00000139. The average molecular weight is 320 g/mol. The lowest BCUT2D eigenvalue weighted by Gasteiger charge is -2.08. The zero-order chi connectivity index (χ0) is 18.1. The van der Waals surface area contributed by atoms with E-state index in [0.29, 0.717) is 5.56 Å². The highest BCUT2D eigenvalue weighted by Gasteiger charge is 2.07. The molecule has 0 amide bonds. The summed E-state index contributed by atoms with van der Waals surface area (Å²) in [5, 5.41) is 10.7. The number of rotatable bonds is 3. The molecule has 0 saturated heterocycles. The van der Waals surface area contributed by atoms with Gasteiger partial charge in [-0.2, -0.15) is 5.26 Å². The summed E-state index contributed by atoms with van der Waals surface area (Å²) in [5.74, 6) is 0.820. The summed E-state index contributed by atoms with van der Waals surface area (Å²) >= 11 is 0. The number of methoxy groups -OCH3 is 1. The standard InChI is InChI=1S/C19H18N2O.C2H6/c1-5-16(15-9-7-14(11-20)8-10-15)18-17(6-2)19(22-4)13(3)12-21-18;1-2/h5-10,12H,1H2,2-4H3;1-2H3/b17-6+,18-16-;. The lowest BCUT2D eigenvalue weighted by Crippen LogP contribution is -2.32. The second-order valence-corrected chi connectivity index (χ2v) is 4.83. The van der Waals surface area contributed by atoms with E-state index in [1.54, 1.807) is 31.5 Å². The van der Waals surface area contributed by atoms with Crippen LogP contribution < -0.4 is 15.3 Å². The molecule has 0 aliphatic carbocycles. The van der Waals surface area contributed by atoms with E-state index in [2.05, 4.69) is 17.6 Å². The number of benzene rings is 1. The van der Waals surface area contributed by atoms with Crippen LogP contribution in [0.3, 0.4) is 0 Å². The van der Waals surface area contributed by atoms with Crippen LogP contribution in [-0.2, 0) is 0 Å². The van der Waals surface area contributed by atoms with E-state index in [4.69, 9.17) is 10.00 Å². The summed E-state index contributed by atoms with van der Waals surface area (Å²) in [6, 6.07) is 9.52. The van der Waals surface area contributed by atoms with Crippen LogP contribution in [0.1, 0.15) is 37.5 Å². The second-order valence-electron chi connectivity index (χ2n) is 4.83. The Morgan fingerprint density at radius 3 is 2.33 bits per heavy atom. The van der Waals surface area contributed by atoms with Gasteiger partial charge in [0.05, 0.1) is 24.1 Å². The molecule has 0 N–H and O–H groups in total. The van der Waals surface area contributed by atoms with Gasteiger partial charge in [-0.05, 0) is 31.5 Å². The molecule has 3 heteroatoms. The van der Waals surface area contributed by atoms with Crippen LogP contribution in [-0.4, -0.2) is 12.1 Å². The third kappa shape index (κ3) is 3.91. The van der Waals surface area contributed by atoms with Crippen molar-refractivity contribution in [1.82, 2.24) is 4.98 Å². The number of allylic oxidation sites excluding steroid dienone is 1. The third-order valence-corrected chi connectivity index (χ3v) is 3.52. The van der Waals surface area contributed by atoms with Gasteiger partial charge >= 0.3 is 0 Å². The van der Waals surface area contributed by atoms with Gasteiger partial charge in [0, 0.05) is 22.6 Å². The topological polar surface area (TPSA) is 45.9 Å². The molecule has 0 atom stereocenters. The van der Waals surface area contributed by atoms with Crippen molar-refractivity contribution in [3.8, 4) is 11.8 Å². The van der Waals surface area contributed by atoms with Gasteiger partial charge in [0.15, 0.2) is 0 Å². The number of nitrogens with zero attached hydrogens (tertiary/aromatic N) is 2. The van der Waals surface area contributed by atoms with Crippen LogP contribution in [0.2, 0.25) is 0 Å². The Morgan fingerprint density at radius 2 is 1.88 bits per heavy atom. The molecule has 0 radical (unpaired) electrons. The third-order valence-electron chi connectivity index (χ3n) is 3.52. The van der Waals surface area contributed by atoms with Crippen molar-refractivity contribution in [3.05, 3.63) is 70.4 Å². The molecule has 1 aromatic carbocycles. The highest BCUT2D eigenvalue weighted by Crippen LogP contribution is 2.14. The van der Waals surface area contributed by atoms with Crippen LogP contribution >= 0.6 is 0 Å². The van der Waals surface area contributed by atoms with E-state index in [1.165, 1.54) is 0 Å². The maximum atomic E-state index is 8.91. The van der Waals surface area contributed by atoms with Crippen LogP contribution in [0, 0.1) is 18.3 Å². The van der Waals surface area contributed by atoms with E-state index < -0.39 is 0 Å². The van der Waals surface area contributed by atoms with Gasteiger partial charge in [0.1, 0.15) is 5.75 Å². The van der Waals surface area contributed by atoms with E-state index >= 15 is 0 Å². The molecule has 0 bridgehead atoms. The molecule has 0 fully saturated rings. The van der Waals surface area contributed by atoms with Crippen molar-refractivity contribution >= 4 is 11.6 Å². The molecule has 1 aromatic heterocycles. The Bertz CT molecular complexity index is 856. The molecular weight excluding hydrogens is 296 g/mol. The van der Waals surface area contributed by atoms with Crippen molar-refractivity contribution in [2.24, 2.45) is 0 Å². The fraction of sp³-hybridized carbons (Fsp3) is 0.238. The maximum Gasteiger partial charge on any atom is 0.132 e. The zero-order valence-corrected chi connectivity index (χ0v) is 15.1. The van der Waals surface area contributed by atoms with Gasteiger partial charge in [0.2, 0.25) is 0 Å². The van der Waals surface area contributed by atoms with Gasteiger partial charge in [-0.1, -0.05) is 44.7 Å². The van der Waals surface area contributed by atoms with Crippen molar-refractivity contribution in [1.29, 1.82) is 5.26 Å². The monoisotopic (exact) mass is 320 g/mol. The van der Waals surface area contributed by atoms with E-state index in [9.17, 15) is 0 Å². The minimum Gasteiger partial charge on any atom is -0.496 e. The molecule has 0 aliphatic rings. The number of nitriles is 1. The fourth-order valence-corrected chi connectivity index (χ4v) is 2.44. The van der Waals surface area contributed by atoms with Gasteiger partial charge < -0.3 is 4.74 Å². The van der Waals surface area contributed by atoms with Gasteiger partial charge in [-0.15, -0.1) is 0 Å². The smallest absolute Gasteiger partial charge is 0.132 e. The first-order valence-corrected chi connectivity index (χ1v) is 7.99. The first kappa shape index (κ1) is 19.2. The summed E-state index contributed by atoms with van der Waals surface area (Å²) in [7, 11) is 1.66. The minimum absolute atomic E-state index is 0.629. The van der Waals surface area contributed by atoms with Gasteiger partial charge in [0.25, 0.3) is 0 Å². The average Bonchev–Trinajstić information content (AvgIpc) is 2.65. The summed E-state index contributed by atoms with van der Waals surface area (Å²) < 4.78 is 5.51. The van der Waals surface area contributed by atoms with Gasteiger partial charge in [-0.3, -0.25) is 4.98 Å². The normalized spacial score (nSPS) is 11.8. The lowest BCUT2D eigenvalue weighted by atomic mass is 10.0.